The molecule has 1 fully saturated rings. The quantitative estimate of drug-likeness (QED) is 0.674. The highest BCUT2D eigenvalue weighted by Crippen LogP contribution is 2.39. The van der Waals surface area contributed by atoms with E-state index in [0.717, 1.165) is 11.3 Å². The Bertz CT molecular complexity index is 1120. The van der Waals surface area contributed by atoms with Crippen LogP contribution in [0.15, 0.2) is 38.5 Å². The molecule has 158 valence electrons. The lowest BCUT2D eigenvalue weighted by molar-refractivity contribution is -0.122. The normalized spacial score (nSPS) is 16.1. The van der Waals surface area contributed by atoms with Crippen molar-refractivity contribution in [1.82, 2.24) is 4.98 Å². The van der Waals surface area contributed by atoms with Crippen LogP contribution in [0.25, 0.3) is 0 Å². The zero-order chi connectivity index (χ0) is 21.4. The van der Waals surface area contributed by atoms with Crippen LogP contribution >= 0.6 is 22.9 Å². The molecule has 12 heteroatoms. The molecule has 2 aromatic rings. The molecule has 1 amide bonds. The summed E-state index contributed by atoms with van der Waals surface area (Å²) in [5, 5.41) is 0.342. The lowest BCUT2D eigenvalue weighted by Gasteiger charge is -2.31. The summed E-state index contributed by atoms with van der Waals surface area (Å²) in [5.74, 6) is -0.865. The fraction of sp³-hybridized carbons (Fsp3) is 0.412. The number of sulfone groups is 2. The largest absolute Gasteiger partial charge is 0.369 e. The van der Waals surface area contributed by atoms with Gasteiger partial charge in [0, 0.05) is 24.0 Å². The maximum Gasteiger partial charge on any atom is 0.226 e. The zero-order valence-electron chi connectivity index (χ0n) is 15.5. The first-order chi connectivity index (χ1) is 13.6. The number of halogens is 1. The minimum Gasteiger partial charge on any atom is -0.369 e. The molecule has 2 heterocycles. The molecule has 0 radical (unpaired) electrons. The minimum atomic E-state index is -4.07. The van der Waals surface area contributed by atoms with Crippen LogP contribution in [0.5, 0.6) is 0 Å². The third-order valence-electron chi connectivity index (χ3n) is 4.77. The van der Waals surface area contributed by atoms with Crippen LogP contribution in [-0.2, 0) is 24.5 Å². The second-order valence-electron chi connectivity index (χ2n) is 6.61. The molecule has 1 aromatic carbocycles. The van der Waals surface area contributed by atoms with Crippen LogP contribution in [-0.4, -0.2) is 46.6 Å². The number of carbonyl (C=O) groups is 1. The number of benzene rings is 1. The van der Waals surface area contributed by atoms with Gasteiger partial charge in [-0.15, -0.1) is 0 Å². The molecule has 8 nitrogen and oxygen atoms in total. The number of primary amides is 1. The van der Waals surface area contributed by atoms with Crippen molar-refractivity contribution < 1.29 is 21.6 Å². The van der Waals surface area contributed by atoms with Gasteiger partial charge in [0.2, 0.25) is 29.9 Å². The predicted molar refractivity (Wildman–Crippen MR) is 111 cm³/mol. The predicted octanol–water partition coefficient (Wildman–Crippen LogP) is 2.12. The van der Waals surface area contributed by atoms with Crippen molar-refractivity contribution in [1.29, 1.82) is 0 Å². The molecular weight excluding hydrogens is 458 g/mol. The minimum absolute atomic E-state index is 0.0269. The first-order valence-corrected chi connectivity index (χ1v) is 13.2. The number of anilines is 1. The van der Waals surface area contributed by atoms with Crippen LogP contribution < -0.4 is 10.6 Å². The van der Waals surface area contributed by atoms with Crippen molar-refractivity contribution in [3.8, 4) is 0 Å². The van der Waals surface area contributed by atoms with Crippen molar-refractivity contribution in [3.05, 3.63) is 29.3 Å². The smallest absolute Gasteiger partial charge is 0.226 e. The number of rotatable bonds is 6. The van der Waals surface area contributed by atoms with Crippen molar-refractivity contribution in [2.75, 3.05) is 23.7 Å². The van der Waals surface area contributed by atoms with E-state index in [1.165, 1.54) is 31.2 Å². The molecule has 1 aliphatic rings. The van der Waals surface area contributed by atoms with Gasteiger partial charge < -0.3 is 10.6 Å². The number of thiazole rings is 1. The molecule has 1 saturated heterocycles. The summed E-state index contributed by atoms with van der Waals surface area (Å²) in [7, 11) is -7.76. The molecule has 0 spiro atoms. The number of nitrogens with zero attached hydrogens (tertiary/aromatic N) is 2. The maximum atomic E-state index is 13.2. The monoisotopic (exact) mass is 477 g/mol. The van der Waals surface area contributed by atoms with E-state index in [2.05, 4.69) is 4.98 Å². The highest BCUT2D eigenvalue weighted by molar-refractivity contribution is 7.94. The van der Waals surface area contributed by atoms with Crippen molar-refractivity contribution in [3.63, 3.8) is 0 Å². The highest BCUT2D eigenvalue weighted by atomic mass is 35.5. The summed E-state index contributed by atoms with van der Waals surface area (Å²) in [6.45, 7) is 2.23. The van der Waals surface area contributed by atoms with E-state index in [4.69, 9.17) is 17.3 Å². The molecule has 29 heavy (non-hydrogen) atoms. The molecule has 0 atom stereocenters. The molecule has 3 rings (SSSR count). The average molecular weight is 478 g/mol. The van der Waals surface area contributed by atoms with Crippen LogP contribution in [0, 0.1) is 5.92 Å². The Morgan fingerprint density at radius 1 is 1.21 bits per heavy atom. The lowest BCUT2D eigenvalue weighted by Crippen LogP contribution is -2.38. The molecule has 0 unspecified atom stereocenters. The van der Waals surface area contributed by atoms with Gasteiger partial charge in [-0.05, 0) is 37.1 Å². The van der Waals surface area contributed by atoms with Crippen molar-refractivity contribution in [2.45, 2.75) is 34.0 Å². The van der Waals surface area contributed by atoms with E-state index in [9.17, 15) is 21.6 Å². The number of hydrogen-bond donors (Lipinski definition) is 1. The van der Waals surface area contributed by atoms with Gasteiger partial charge >= 0.3 is 0 Å². The SMILES string of the molecule is CCS(=O)(=O)c1nc(S(=O)(=O)c2ccc(Cl)cc2)c(N2CCC(C(N)=O)CC2)s1. The number of nitrogens with two attached hydrogens (primary N) is 1. The van der Waals surface area contributed by atoms with Gasteiger partial charge in [-0.25, -0.2) is 21.8 Å². The van der Waals surface area contributed by atoms with E-state index in [1.807, 2.05) is 0 Å². The van der Waals surface area contributed by atoms with Crippen LogP contribution in [0.3, 0.4) is 0 Å². The standard InChI is InChI=1S/C17H20ClN3O5S3/c1-2-28(23,24)17-20-15(29(25,26)13-5-3-12(18)4-6-13)16(27-17)21-9-7-11(8-10-21)14(19)22/h3-6,11H,2,7-10H2,1H3,(H2,19,22). The second-order valence-corrected chi connectivity index (χ2v) is 12.3. The molecule has 0 saturated carbocycles. The van der Waals surface area contributed by atoms with Gasteiger partial charge in [-0.3, -0.25) is 4.79 Å². The number of hydrogen-bond acceptors (Lipinski definition) is 8. The molecule has 0 bridgehead atoms. The third-order valence-corrected chi connectivity index (χ3v) is 10.1. The fourth-order valence-corrected chi connectivity index (χ4v) is 7.31. The third kappa shape index (κ3) is 4.42. The van der Waals surface area contributed by atoms with Gasteiger partial charge in [-0.2, -0.15) is 0 Å². The van der Waals surface area contributed by atoms with Gasteiger partial charge in [-0.1, -0.05) is 29.9 Å². The Morgan fingerprint density at radius 3 is 2.31 bits per heavy atom. The van der Waals surface area contributed by atoms with E-state index in [1.54, 1.807) is 4.90 Å². The summed E-state index contributed by atoms with van der Waals surface area (Å²) >= 11 is 6.69. The first kappa shape index (κ1) is 22.0. The molecule has 2 N–H and O–H groups in total. The Labute approximate surface area is 178 Å². The summed E-state index contributed by atoms with van der Waals surface area (Å²) in [4.78, 5) is 17.2. The highest BCUT2D eigenvalue weighted by Gasteiger charge is 2.34. The van der Waals surface area contributed by atoms with E-state index >= 15 is 0 Å². The van der Waals surface area contributed by atoms with E-state index in [-0.39, 0.29) is 30.9 Å². The second kappa shape index (κ2) is 8.21. The zero-order valence-corrected chi connectivity index (χ0v) is 18.7. The number of piperidine rings is 1. The fourth-order valence-electron chi connectivity index (χ4n) is 3.00. The first-order valence-electron chi connectivity index (χ1n) is 8.84. The average Bonchev–Trinajstić information content (AvgIpc) is 3.15. The van der Waals surface area contributed by atoms with Gasteiger partial charge in [0.25, 0.3) is 0 Å². The van der Waals surface area contributed by atoms with Crippen LogP contribution in [0.4, 0.5) is 5.00 Å². The maximum absolute atomic E-state index is 13.2. The van der Waals surface area contributed by atoms with Crippen LogP contribution in [0.1, 0.15) is 19.8 Å². The number of amides is 1. The molecule has 0 aliphatic carbocycles. The molecule has 1 aromatic heterocycles. The Balaban J connectivity index is 2.08. The van der Waals surface area contributed by atoms with Crippen LogP contribution in [0.2, 0.25) is 5.02 Å². The Hall–Kier alpha value is -1.69. The number of aromatic nitrogens is 1. The summed E-state index contributed by atoms with van der Waals surface area (Å²) in [5.41, 5.74) is 5.36. The van der Waals surface area contributed by atoms with Crippen molar-refractivity contribution >= 4 is 53.5 Å². The Morgan fingerprint density at radius 2 is 1.79 bits per heavy atom. The topological polar surface area (TPSA) is 127 Å². The lowest BCUT2D eigenvalue weighted by atomic mass is 9.96. The van der Waals surface area contributed by atoms with Gasteiger partial charge in [0.15, 0.2) is 5.03 Å². The van der Waals surface area contributed by atoms with Crippen molar-refractivity contribution in [2.24, 2.45) is 11.7 Å². The molecular formula is C17H20ClN3O5S3. The summed E-state index contributed by atoms with van der Waals surface area (Å²) < 4.78 is 50.9. The number of carbonyl (C=O) groups excluding carboxylic acids is 1. The van der Waals surface area contributed by atoms with E-state index in [0.29, 0.717) is 31.0 Å². The van der Waals surface area contributed by atoms with E-state index < -0.39 is 25.6 Å². The van der Waals surface area contributed by atoms with Gasteiger partial charge in [0.05, 0.1) is 10.6 Å². The summed E-state index contributed by atoms with van der Waals surface area (Å²) in [6, 6.07) is 5.60. The Kier molecular flexibility index (Phi) is 6.23. The molecule has 1 aliphatic heterocycles. The van der Waals surface area contributed by atoms with Gasteiger partial charge in [0.1, 0.15) is 5.00 Å². The summed E-state index contributed by atoms with van der Waals surface area (Å²) in [6.07, 6.45) is 0.924.